The number of rotatable bonds is 8. The Hall–Kier alpha value is -2.72. The van der Waals surface area contributed by atoms with E-state index in [1.165, 1.54) is 26.4 Å². The number of esters is 1. The molecule has 128 valence electrons. The van der Waals surface area contributed by atoms with Crippen molar-refractivity contribution in [2.75, 3.05) is 27.4 Å². The molecular formula is C16H17ClN2O5. The van der Waals surface area contributed by atoms with E-state index in [-0.39, 0.29) is 13.0 Å². The second kappa shape index (κ2) is 10.1. The van der Waals surface area contributed by atoms with Crippen LogP contribution < -0.4 is 14.8 Å². The average Bonchev–Trinajstić information content (AvgIpc) is 2.57. The number of halogens is 1. The van der Waals surface area contributed by atoms with Crippen molar-refractivity contribution in [3.05, 3.63) is 28.8 Å². The molecule has 0 saturated heterocycles. The number of ether oxygens (including phenoxy) is 3. The highest BCUT2D eigenvalue weighted by molar-refractivity contribution is 6.32. The highest BCUT2D eigenvalue weighted by Crippen LogP contribution is 2.36. The van der Waals surface area contributed by atoms with Crippen molar-refractivity contribution >= 4 is 29.6 Å². The smallest absolute Gasteiger partial charge is 0.331 e. The average molecular weight is 353 g/mol. The maximum absolute atomic E-state index is 11.6. The van der Waals surface area contributed by atoms with Crippen LogP contribution >= 0.6 is 11.6 Å². The summed E-state index contributed by atoms with van der Waals surface area (Å²) in [5.41, 5.74) is 0.605. The molecule has 0 fully saturated rings. The Bertz CT molecular complexity index is 667. The van der Waals surface area contributed by atoms with E-state index in [0.717, 1.165) is 0 Å². The van der Waals surface area contributed by atoms with Gasteiger partial charge in [-0.15, -0.1) is 0 Å². The van der Waals surface area contributed by atoms with E-state index in [2.05, 4.69) is 5.32 Å². The van der Waals surface area contributed by atoms with Gasteiger partial charge >= 0.3 is 5.97 Å². The number of carbonyl (C=O) groups excluding carboxylic acids is 2. The summed E-state index contributed by atoms with van der Waals surface area (Å²) in [7, 11) is 2.94. The Morgan fingerprint density at radius 3 is 2.71 bits per heavy atom. The van der Waals surface area contributed by atoms with Crippen LogP contribution in [0.25, 0.3) is 6.08 Å². The maximum Gasteiger partial charge on any atom is 0.331 e. The van der Waals surface area contributed by atoms with Crippen molar-refractivity contribution in [1.29, 1.82) is 5.26 Å². The fourth-order valence-corrected chi connectivity index (χ4v) is 1.99. The van der Waals surface area contributed by atoms with Crippen molar-refractivity contribution in [2.45, 2.75) is 6.42 Å². The summed E-state index contributed by atoms with van der Waals surface area (Å²) >= 11 is 6.06. The first-order chi connectivity index (χ1) is 11.5. The third-order valence-corrected chi connectivity index (χ3v) is 3.05. The van der Waals surface area contributed by atoms with Crippen LogP contribution in [0, 0.1) is 11.3 Å². The first-order valence-electron chi connectivity index (χ1n) is 6.91. The van der Waals surface area contributed by atoms with Gasteiger partial charge in [0, 0.05) is 12.6 Å². The van der Waals surface area contributed by atoms with E-state index >= 15 is 0 Å². The molecular weight excluding hydrogens is 336 g/mol. The van der Waals surface area contributed by atoms with E-state index in [4.69, 9.17) is 31.1 Å². The highest BCUT2D eigenvalue weighted by Gasteiger charge is 2.10. The van der Waals surface area contributed by atoms with Gasteiger partial charge in [-0.3, -0.25) is 4.79 Å². The summed E-state index contributed by atoms with van der Waals surface area (Å²) in [6, 6.07) is 5.13. The van der Waals surface area contributed by atoms with Gasteiger partial charge in [-0.05, 0) is 23.8 Å². The topological polar surface area (TPSA) is 97.6 Å². The van der Waals surface area contributed by atoms with Crippen LogP contribution in [0.3, 0.4) is 0 Å². The molecule has 0 aliphatic rings. The van der Waals surface area contributed by atoms with E-state index in [9.17, 15) is 9.59 Å². The Labute approximate surface area is 144 Å². The molecule has 8 heteroatoms. The third-order valence-electron chi connectivity index (χ3n) is 2.77. The van der Waals surface area contributed by atoms with Crippen LogP contribution in [0.4, 0.5) is 0 Å². The lowest BCUT2D eigenvalue weighted by Gasteiger charge is -2.10. The van der Waals surface area contributed by atoms with Crippen LogP contribution in [0.15, 0.2) is 18.2 Å². The van der Waals surface area contributed by atoms with E-state index in [1.54, 1.807) is 12.1 Å². The number of nitrogens with zero attached hydrogens (tertiary/aromatic N) is 1. The number of benzene rings is 1. The molecule has 24 heavy (non-hydrogen) atoms. The van der Waals surface area contributed by atoms with Crippen LogP contribution in [0.1, 0.15) is 12.0 Å². The van der Waals surface area contributed by atoms with Gasteiger partial charge in [0.2, 0.25) is 0 Å². The Morgan fingerprint density at radius 2 is 2.08 bits per heavy atom. The molecule has 1 aromatic carbocycles. The molecule has 0 saturated carbocycles. The normalized spacial score (nSPS) is 10.1. The summed E-state index contributed by atoms with van der Waals surface area (Å²) in [5.74, 6) is -0.333. The number of hydrogen-bond donors (Lipinski definition) is 1. The molecule has 0 unspecified atom stereocenters. The van der Waals surface area contributed by atoms with Crippen LogP contribution in [0.5, 0.6) is 11.5 Å². The van der Waals surface area contributed by atoms with Crippen molar-refractivity contribution in [1.82, 2.24) is 5.32 Å². The van der Waals surface area contributed by atoms with Crippen LogP contribution in [0.2, 0.25) is 5.02 Å². The molecule has 0 heterocycles. The lowest BCUT2D eigenvalue weighted by atomic mass is 10.2. The number of methoxy groups -OCH3 is 2. The zero-order chi connectivity index (χ0) is 17.9. The molecule has 0 spiro atoms. The first-order valence-corrected chi connectivity index (χ1v) is 7.29. The number of nitriles is 1. The summed E-state index contributed by atoms with van der Waals surface area (Å²) < 4.78 is 15.0. The fraction of sp³-hybridized carbons (Fsp3) is 0.312. The van der Waals surface area contributed by atoms with Gasteiger partial charge < -0.3 is 19.5 Å². The van der Waals surface area contributed by atoms with Crippen molar-refractivity contribution in [3.8, 4) is 17.6 Å². The summed E-state index contributed by atoms with van der Waals surface area (Å²) in [6.45, 7) is -0.200. The third kappa shape index (κ3) is 6.18. The van der Waals surface area contributed by atoms with Gasteiger partial charge in [0.1, 0.15) is 0 Å². The van der Waals surface area contributed by atoms with Crippen molar-refractivity contribution < 1.29 is 23.8 Å². The molecule has 1 amide bonds. The van der Waals surface area contributed by atoms with Crippen molar-refractivity contribution in [2.24, 2.45) is 0 Å². The van der Waals surface area contributed by atoms with Crippen molar-refractivity contribution in [3.63, 3.8) is 0 Å². The van der Waals surface area contributed by atoms with E-state index in [1.807, 2.05) is 6.07 Å². The van der Waals surface area contributed by atoms with E-state index < -0.39 is 18.5 Å². The highest BCUT2D eigenvalue weighted by atomic mass is 35.5. The number of nitrogens with one attached hydrogen (secondary N) is 1. The number of carbonyl (C=O) groups is 2. The predicted molar refractivity (Wildman–Crippen MR) is 87.8 cm³/mol. The predicted octanol–water partition coefficient (Wildman–Crippen LogP) is 1.94. The second-order valence-electron chi connectivity index (χ2n) is 4.44. The van der Waals surface area contributed by atoms with E-state index in [0.29, 0.717) is 22.1 Å². The molecule has 7 nitrogen and oxygen atoms in total. The van der Waals surface area contributed by atoms with Gasteiger partial charge in [-0.1, -0.05) is 11.6 Å². The molecule has 0 bridgehead atoms. The number of amides is 1. The second-order valence-corrected chi connectivity index (χ2v) is 4.84. The molecule has 0 aromatic heterocycles. The van der Waals surface area contributed by atoms with Gasteiger partial charge in [0.15, 0.2) is 18.1 Å². The minimum absolute atomic E-state index is 0.194. The Morgan fingerprint density at radius 1 is 1.33 bits per heavy atom. The molecule has 1 N–H and O–H groups in total. The Balaban J connectivity index is 2.60. The molecule has 0 aliphatic heterocycles. The zero-order valence-electron chi connectivity index (χ0n) is 13.3. The van der Waals surface area contributed by atoms with Crippen LogP contribution in [-0.2, 0) is 14.3 Å². The Kier molecular flexibility index (Phi) is 8.16. The fourth-order valence-electron chi connectivity index (χ4n) is 1.69. The monoisotopic (exact) mass is 352 g/mol. The standard InChI is InChI=1S/C16H17ClN2O5/c1-22-13-9-11(8-12(17)16(13)23-2)4-5-15(21)24-10-14(20)19-7-3-6-18/h4-5,8-9H,3,7,10H2,1-2H3,(H,19,20)/b5-4+. The first kappa shape index (κ1) is 19.3. The SMILES string of the molecule is COc1cc(/C=C/C(=O)OCC(=O)NCCC#N)cc(Cl)c1OC. The lowest BCUT2D eigenvalue weighted by molar-refractivity contribution is -0.143. The molecule has 0 atom stereocenters. The largest absolute Gasteiger partial charge is 0.493 e. The summed E-state index contributed by atoms with van der Waals surface area (Å²) in [5, 5.41) is 11.1. The maximum atomic E-state index is 11.6. The summed E-state index contributed by atoms with van der Waals surface area (Å²) in [6.07, 6.45) is 2.84. The van der Waals surface area contributed by atoms with Crippen LogP contribution in [-0.4, -0.2) is 39.2 Å². The minimum Gasteiger partial charge on any atom is -0.493 e. The van der Waals surface area contributed by atoms with Gasteiger partial charge in [0.25, 0.3) is 5.91 Å². The zero-order valence-corrected chi connectivity index (χ0v) is 14.1. The molecule has 1 rings (SSSR count). The van der Waals surface area contributed by atoms with Gasteiger partial charge in [-0.2, -0.15) is 5.26 Å². The lowest BCUT2D eigenvalue weighted by Crippen LogP contribution is -2.29. The van der Waals surface area contributed by atoms with Gasteiger partial charge in [0.05, 0.1) is 31.7 Å². The quantitative estimate of drug-likeness (QED) is 0.436. The minimum atomic E-state index is -0.684. The number of hydrogen-bond acceptors (Lipinski definition) is 6. The molecule has 1 aromatic rings. The molecule has 0 aliphatic carbocycles. The summed E-state index contributed by atoms with van der Waals surface area (Å²) in [4.78, 5) is 22.9. The van der Waals surface area contributed by atoms with Gasteiger partial charge in [-0.25, -0.2) is 4.79 Å². The molecule has 0 radical (unpaired) electrons.